The fourth-order valence-corrected chi connectivity index (χ4v) is 3.25. The molecule has 0 aliphatic heterocycles. The van der Waals surface area contributed by atoms with Crippen molar-refractivity contribution in [3.8, 4) is 17.2 Å². The van der Waals surface area contributed by atoms with E-state index >= 15 is 0 Å². The van der Waals surface area contributed by atoms with Gasteiger partial charge in [0.15, 0.2) is 0 Å². The van der Waals surface area contributed by atoms with Crippen molar-refractivity contribution in [3.05, 3.63) is 75.9 Å². The molecular formula is C20H16BrN3. The molecule has 3 aromatic rings. The molecule has 0 aliphatic rings. The summed E-state index contributed by atoms with van der Waals surface area (Å²) in [5, 5.41) is 12.8. The van der Waals surface area contributed by atoms with Crippen molar-refractivity contribution in [3.63, 3.8) is 0 Å². The molecule has 1 heterocycles. The molecule has 0 radical (unpaired) electrons. The lowest BCUT2D eigenvalue weighted by atomic mass is 10.0. The van der Waals surface area contributed by atoms with Crippen molar-refractivity contribution >= 4 is 27.4 Å². The third-order valence-corrected chi connectivity index (χ3v) is 4.18. The average molecular weight is 378 g/mol. The molecule has 3 rings (SSSR count). The van der Waals surface area contributed by atoms with Gasteiger partial charge in [-0.15, -0.1) is 0 Å². The Labute approximate surface area is 150 Å². The molecule has 0 atom stereocenters. The number of pyridine rings is 1. The maximum absolute atomic E-state index is 9.53. The predicted molar refractivity (Wildman–Crippen MR) is 101 cm³/mol. The first-order valence-corrected chi connectivity index (χ1v) is 8.37. The molecule has 0 saturated heterocycles. The highest BCUT2D eigenvalue weighted by molar-refractivity contribution is 9.10. The van der Waals surface area contributed by atoms with Crippen molar-refractivity contribution in [2.24, 2.45) is 0 Å². The van der Waals surface area contributed by atoms with Crippen LogP contribution in [0.25, 0.3) is 11.1 Å². The normalized spacial score (nSPS) is 10.2. The van der Waals surface area contributed by atoms with E-state index in [-0.39, 0.29) is 0 Å². The van der Waals surface area contributed by atoms with E-state index in [0.29, 0.717) is 11.4 Å². The molecule has 118 valence electrons. The van der Waals surface area contributed by atoms with Crippen LogP contribution in [-0.4, -0.2) is 4.98 Å². The fraction of sp³-hybridized carbons (Fsp3) is 0.100. The minimum atomic E-state index is 0.525. The molecule has 4 heteroatoms. The molecule has 0 saturated carbocycles. The molecule has 1 aromatic heterocycles. The van der Waals surface area contributed by atoms with Crippen molar-refractivity contribution in [2.45, 2.75) is 13.8 Å². The summed E-state index contributed by atoms with van der Waals surface area (Å²) in [6.07, 6.45) is 0. The highest BCUT2D eigenvalue weighted by Crippen LogP contribution is 2.29. The number of hydrogen-bond acceptors (Lipinski definition) is 3. The van der Waals surface area contributed by atoms with Gasteiger partial charge in [0.1, 0.15) is 11.9 Å². The largest absolute Gasteiger partial charge is 0.339 e. The highest BCUT2D eigenvalue weighted by atomic mass is 79.9. The van der Waals surface area contributed by atoms with Crippen LogP contribution >= 0.6 is 15.9 Å². The predicted octanol–water partition coefficient (Wildman–Crippen LogP) is 5.74. The monoisotopic (exact) mass is 377 g/mol. The van der Waals surface area contributed by atoms with Crippen LogP contribution in [-0.2, 0) is 0 Å². The number of halogens is 1. The number of hydrogen-bond donors (Lipinski definition) is 1. The number of nitrogens with zero attached hydrogens (tertiary/aromatic N) is 2. The standard InChI is InChI=1S/C20H16BrN3/c1-13-8-17(21)11-18(9-13)24-20-16(12-22)10-19(14(2)23-20)15-6-4-3-5-7-15/h3-11H,1-2H3,(H,23,24). The molecule has 1 N–H and O–H groups in total. The minimum absolute atomic E-state index is 0.525. The fourth-order valence-electron chi connectivity index (χ4n) is 2.64. The van der Waals surface area contributed by atoms with Crippen LogP contribution < -0.4 is 5.32 Å². The van der Waals surface area contributed by atoms with Crippen molar-refractivity contribution < 1.29 is 0 Å². The van der Waals surface area contributed by atoms with Gasteiger partial charge in [0.25, 0.3) is 0 Å². The summed E-state index contributed by atoms with van der Waals surface area (Å²) in [6.45, 7) is 3.99. The van der Waals surface area contributed by atoms with Gasteiger partial charge in [-0.05, 0) is 49.2 Å². The number of rotatable bonds is 3. The van der Waals surface area contributed by atoms with Crippen LogP contribution in [0.2, 0.25) is 0 Å². The summed E-state index contributed by atoms with van der Waals surface area (Å²) in [5.74, 6) is 0.576. The van der Waals surface area contributed by atoms with Crippen LogP contribution in [0.5, 0.6) is 0 Å². The summed E-state index contributed by atoms with van der Waals surface area (Å²) in [4.78, 5) is 4.63. The van der Waals surface area contributed by atoms with E-state index in [2.05, 4.69) is 32.3 Å². The second-order valence-electron chi connectivity index (χ2n) is 5.64. The van der Waals surface area contributed by atoms with Crippen LogP contribution in [0.4, 0.5) is 11.5 Å². The zero-order chi connectivity index (χ0) is 17.1. The Morgan fingerprint density at radius 1 is 1.04 bits per heavy atom. The van der Waals surface area contributed by atoms with Gasteiger partial charge in [-0.25, -0.2) is 4.98 Å². The van der Waals surface area contributed by atoms with E-state index in [1.807, 2.05) is 68.4 Å². The van der Waals surface area contributed by atoms with Crippen molar-refractivity contribution in [1.29, 1.82) is 5.26 Å². The summed E-state index contributed by atoms with van der Waals surface area (Å²) in [7, 11) is 0. The second-order valence-corrected chi connectivity index (χ2v) is 6.55. The Morgan fingerprint density at radius 2 is 1.79 bits per heavy atom. The summed E-state index contributed by atoms with van der Waals surface area (Å²) >= 11 is 3.49. The van der Waals surface area contributed by atoms with E-state index < -0.39 is 0 Å². The molecule has 0 bridgehead atoms. The van der Waals surface area contributed by atoms with E-state index in [0.717, 1.165) is 32.5 Å². The highest BCUT2D eigenvalue weighted by Gasteiger charge is 2.11. The zero-order valence-electron chi connectivity index (χ0n) is 13.5. The lowest BCUT2D eigenvalue weighted by molar-refractivity contribution is 1.19. The molecule has 24 heavy (non-hydrogen) atoms. The van der Waals surface area contributed by atoms with Gasteiger partial charge in [-0.3, -0.25) is 0 Å². The summed E-state index contributed by atoms with van der Waals surface area (Å²) in [5.41, 5.74) is 5.47. The Hall–Kier alpha value is -2.64. The van der Waals surface area contributed by atoms with E-state index in [1.54, 1.807) is 0 Å². The lowest BCUT2D eigenvalue weighted by Gasteiger charge is -2.13. The van der Waals surface area contributed by atoms with Gasteiger partial charge in [-0.2, -0.15) is 5.26 Å². The van der Waals surface area contributed by atoms with Crippen LogP contribution in [0.3, 0.4) is 0 Å². The van der Waals surface area contributed by atoms with Crippen molar-refractivity contribution in [1.82, 2.24) is 4.98 Å². The molecule has 0 aliphatic carbocycles. The first-order chi connectivity index (χ1) is 11.6. The number of aromatic nitrogens is 1. The summed E-state index contributed by atoms with van der Waals surface area (Å²) in [6, 6.07) is 20.2. The van der Waals surface area contributed by atoms with E-state index in [9.17, 15) is 5.26 Å². The molecule has 0 spiro atoms. The number of benzene rings is 2. The van der Waals surface area contributed by atoms with Crippen LogP contribution in [0.15, 0.2) is 59.1 Å². The Balaban J connectivity index is 2.03. The van der Waals surface area contributed by atoms with Gasteiger partial charge < -0.3 is 5.32 Å². The van der Waals surface area contributed by atoms with Gasteiger partial charge in [0.05, 0.1) is 5.56 Å². The number of aryl methyl sites for hydroxylation is 2. The smallest absolute Gasteiger partial charge is 0.148 e. The molecule has 0 fully saturated rings. The number of nitriles is 1. The number of nitrogens with one attached hydrogen (secondary N) is 1. The first kappa shape index (κ1) is 16.2. The van der Waals surface area contributed by atoms with Gasteiger partial charge >= 0.3 is 0 Å². The second kappa shape index (κ2) is 6.86. The van der Waals surface area contributed by atoms with Crippen LogP contribution in [0, 0.1) is 25.2 Å². The summed E-state index contributed by atoms with van der Waals surface area (Å²) < 4.78 is 0.987. The number of anilines is 2. The van der Waals surface area contributed by atoms with E-state index in [1.165, 1.54) is 0 Å². The topological polar surface area (TPSA) is 48.7 Å². The quantitative estimate of drug-likeness (QED) is 0.632. The molecule has 0 unspecified atom stereocenters. The van der Waals surface area contributed by atoms with Gasteiger partial charge in [0, 0.05) is 21.4 Å². The third kappa shape index (κ3) is 3.47. The third-order valence-electron chi connectivity index (χ3n) is 3.72. The van der Waals surface area contributed by atoms with Crippen LogP contribution in [0.1, 0.15) is 16.8 Å². The maximum Gasteiger partial charge on any atom is 0.148 e. The van der Waals surface area contributed by atoms with Crippen molar-refractivity contribution in [2.75, 3.05) is 5.32 Å². The maximum atomic E-state index is 9.53. The zero-order valence-corrected chi connectivity index (χ0v) is 15.1. The Morgan fingerprint density at radius 3 is 2.46 bits per heavy atom. The minimum Gasteiger partial charge on any atom is -0.339 e. The Bertz CT molecular complexity index is 907. The molecular weight excluding hydrogens is 362 g/mol. The van der Waals surface area contributed by atoms with E-state index in [4.69, 9.17) is 0 Å². The molecule has 0 amide bonds. The average Bonchev–Trinajstić information content (AvgIpc) is 2.55. The SMILES string of the molecule is Cc1cc(Br)cc(Nc2nc(C)c(-c3ccccc3)cc2C#N)c1. The lowest BCUT2D eigenvalue weighted by Crippen LogP contribution is -2.01. The Kier molecular flexibility index (Phi) is 4.64. The van der Waals surface area contributed by atoms with Gasteiger partial charge in [-0.1, -0.05) is 46.3 Å². The molecule has 3 nitrogen and oxygen atoms in total. The first-order valence-electron chi connectivity index (χ1n) is 7.58. The van der Waals surface area contributed by atoms with Gasteiger partial charge in [0.2, 0.25) is 0 Å². The molecule has 2 aromatic carbocycles.